The van der Waals surface area contributed by atoms with Crippen molar-refractivity contribution in [2.45, 2.75) is 20.1 Å². The van der Waals surface area contributed by atoms with E-state index in [0.717, 1.165) is 0 Å². The number of hydrogen-bond acceptors (Lipinski definition) is 4. The predicted molar refractivity (Wildman–Crippen MR) is 58.3 cm³/mol. The maximum absolute atomic E-state index is 5.40. The summed E-state index contributed by atoms with van der Waals surface area (Å²) in [5, 5.41) is 0. The van der Waals surface area contributed by atoms with Crippen LogP contribution in [0.4, 0.5) is 0 Å². The van der Waals surface area contributed by atoms with E-state index in [1.807, 2.05) is 19.9 Å². The summed E-state index contributed by atoms with van der Waals surface area (Å²) in [4.78, 5) is 0. The van der Waals surface area contributed by atoms with Gasteiger partial charge in [-0.2, -0.15) is 0 Å². The van der Waals surface area contributed by atoms with E-state index in [-0.39, 0.29) is 6.29 Å². The zero-order valence-electron chi connectivity index (χ0n) is 9.61. The molecule has 0 bridgehead atoms. The molecule has 0 aromatic carbocycles. The summed E-state index contributed by atoms with van der Waals surface area (Å²) in [6.07, 6.45) is 3.13. The Morgan fingerprint density at radius 2 is 2.07 bits per heavy atom. The molecule has 0 aromatic rings. The van der Waals surface area contributed by atoms with E-state index >= 15 is 0 Å². The van der Waals surface area contributed by atoms with Crippen molar-refractivity contribution >= 4 is 0 Å². The summed E-state index contributed by atoms with van der Waals surface area (Å²) in [6, 6.07) is 0. The van der Waals surface area contributed by atoms with Gasteiger partial charge in [-0.3, -0.25) is 0 Å². The standard InChI is InChI=1S/C11H21O4/c1-4-7-13-8-9-15-11(14-6-3)10-12-5-2/h4,7,11H,2,5-6,8-10H2,1,3H3/b7-4+. The molecule has 0 amide bonds. The molecule has 0 spiro atoms. The van der Waals surface area contributed by atoms with Crippen LogP contribution in [0.1, 0.15) is 13.8 Å². The van der Waals surface area contributed by atoms with Crippen LogP contribution in [0, 0.1) is 6.92 Å². The second-order valence-corrected chi connectivity index (χ2v) is 2.67. The van der Waals surface area contributed by atoms with Crippen LogP contribution in [0.3, 0.4) is 0 Å². The first-order valence-corrected chi connectivity index (χ1v) is 5.18. The molecule has 0 aliphatic carbocycles. The molecule has 0 N–H and O–H groups in total. The van der Waals surface area contributed by atoms with Gasteiger partial charge in [0.25, 0.3) is 0 Å². The average molecular weight is 217 g/mol. The number of ether oxygens (including phenoxy) is 4. The lowest BCUT2D eigenvalue weighted by Gasteiger charge is -2.17. The zero-order valence-corrected chi connectivity index (χ0v) is 9.61. The minimum atomic E-state index is -0.328. The number of allylic oxidation sites excluding steroid dienone is 1. The van der Waals surface area contributed by atoms with Crippen molar-refractivity contribution in [3.63, 3.8) is 0 Å². The summed E-state index contributed by atoms with van der Waals surface area (Å²) in [6.45, 7) is 9.79. The van der Waals surface area contributed by atoms with Crippen molar-refractivity contribution in [3.05, 3.63) is 19.3 Å². The summed E-state index contributed by atoms with van der Waals surface area (Å²) < 4.78 is 20.9. The van der Waals surface area contributed by atoms with Gasteiger partial charge in [-0.05, 0) is 20.8 Å². The first-order chi connectivity index (χ1) is 7.35. The molecule has 0 fully saturated rings. The van der Waals surface area contributed by atoms with E-state index in [9.17, 15) is 0 Å². The average Bonchev–Trinajstić information content (AvgIpc) is 2.25. The molecule has 1 radical (unpaired) electrons. The molecule has 15 heavy (non-hydrogen) atoms. The molecule has 1 atom stereocenters. The Balaban J connectivity index is 3.46. The van der Waals surface area contributed by atoms with Crippen LogP contribution >= 0.6 is 0 Å². The van der Waals surface area contributed by atoms with Gasteiger partial charge in [-0.1, -0.05) is 6.08 Å². The van der Waals surface area contributed by atoms with Gasteiger partial charge >= 0.3 is 0 Å². The van der Waals surface area contributed by atoms with Crippen molar-refractivity contribution < 1.29 is 18.9 Å². The van der Waals surface area contributed by atoms with E-state index in [2.05, 4.69) is 6.92 Å². The largest absolute Gasteiger partial charge is 0.499 e. The van der Waals surface area contributed by atoms with Crippen LogP contribution in [0.25, 0.3) is 0 Å². The van der Waals surface area contributed by atoms with Crippen molar-refractivity contribution in [1.82, 2.24) is 0 Å². The Kier molecular flexibility index (Phi) is 11.1. The minimum Gasteiger partial charge on any atom is -0.499 e. The maximum Gasteiger partial charge on any atom is 0.180 e. The summed E-state index contributed by atoms with van der Waals surface area (Å²) in [7, 11) is 0. The van der Waals surface area contributed by atoms with Crippen LogP contribution in [-0.4, -0.2) is 39.3 Å². The number of rotatable bonds is 10. The lowest BCUT2D eigenvalue weighted by atomic mass is 10.6. The van der Waals surface area contributed by atoms with Gasteiger partial charge in [0.2, 0.25) is 0 Å². The highest BCUT2D eigenvalue weighted by atomic mass is 16.7. The van der Waals surface area contributed by atoms with Gasteiger partial charge in [0, 0.05) is 13.2 Å². The van der Waals surface area contributed by atoms with Crippen molar-refractivity contribution in [3.8, 4) is 0 Å². The van der Waals surface area contributed by atoms with Crippen LogP contribution in [0.2, 0.25) is 0 Å². The van der Waals surface area contributed by atoms with E-state index in [4.69, 9.17) is 18.9 Å². The predicted octanol–water partition coefficient (Wildman–Crippen LogP) is 1.77. The SMILES string of the molecule is [CH2]COCC(OCC)OCCO/C=C/C. The maximum atomic E-state index is 5.40. The Labute approximate surface area is 92.2 Å². The Bertz CT molecular complexity index is 148. The highest BCUT2D eigenvalue weighted by Crippen LogP contribution is 1.96. The molecule has 0 aliphatic rings. The fraction of sp³-hybridized carbons (Fsp3) is 0.727. The van der Waals surface area contributed by atoms with Crippen LogP contribution in [-0.2, 0) is 18.9 Å². The molecule has 4 nitrogen and oxygen atoms in total. The van der Waals surface area contributed by atoms with E-state index < -0.39 is 0 Å². The third kappa shape index (κ3) is 9.72. The molecule has 0 saturated carbocycles. The fourth-order valence-corrected chi connectivity index (χ4v) is 0.902. The lowest BCUT2D eigenvalue weighted by molar-refractivity contribution is -0.172. The molecule has 0 heterocycles. The molecule has 4 heteroatoms. The van der Waals surface area contributed by atoms with Crippen LogP contribution in [0.5, 0.6) is 0 Å². The smallest absolute Gasteiger partial charge is 0.180 e. The third-order valence-corrected chi connectivity index (χ3v) is 1.49. The van der Waals surface area contributed by atoms with Gasteiger partial charge in [0.15, 0.2) is 6.29 Å². The molecule has 0 aliphatic heterocycles. The molecule has 1 unspecified atom stereocenters. The topological polar surface area (TPSA) is 36.9 Å². The monoisotopic (exact) mass is 217 g/mol. The highest BCUT2D eigenvalue weighted by molar-refractivity contribution is 4.64. The molecular formula is C11H21O4. The lowest BCUT2D eigenvalue weighted by Crippen LogP contribution is -2.25. The van der Waals surface area contributed by atoms with E-state index in [0.29, 0.717) is 33.0 Å². The molecule has 0 aromatic heterocycles. The van der Waals surface area contributed by atoms with Crippen molar-refractivity contribution in [2.75, 3.05) is 33.0 Å². The second-order valence-electron chi connectivity index (χ2n) is 2.67. The molecule has 89 valence electrons. The summed E-state index contributed by atoms with van der Waals surface area (Å²) in [5.74, 6) is 0. The molecule has 0 rings (SSSR count). The Morgan fingerprint density at radius 1 is 1.27 bits per heavy atom. The van der Waals surface area contributed by atoms with Gasteiger partial charge in [-0.25, -0.2) is 0 Å². The van der Waals surface area contributed by atoms with Gasteiger partial charge in [0.1, 0.15) is 6.61 Å². The second kappa shape index (κ2) is 11.5. The van der Waals surface area contributed by atoms with E-state index in [1.54, 1.807) is 6.26 Å². The third-order valence-electron chi connectivity index (χ3n) is 1.49. The normalized spacial score (nSPS) is 13.3. The first-order valence-electron chi connectivity index (χ1n) is 5.18. The van der Waals surface area contributed by atoms with Gasteiger partial charge in [-0.15, -0.1) is 0 Å². The van der Waals surface area contributed by atoms with Gasteiger partial charge < -0.3 is 18.9 Å². The van der Waals surface area contributed by atoms with Crippen LogP contribution < -0.4 is 0 Å². The number of hydrogen-bond donors (Lipinski definition) is 0. The zero-order chi connectivity index (χ0) is 11.4. The van der Waals surface area contributed by atoms with Crippen molar-refractivity contribution in [2.24, 2.45) is 0 Å². The fourth-order valence-electron chi connectivity index (χ4n) is 0.902. The van der Waals surface area contributed by atoms with Crippen molar-refractivity contribution in [1.29, 1.82) is 0 Å². The van der Waals surface area contributed by atoms with E-state index in [1.165, 1.54) is 0 Å². The Morgan fingerprint density at radius 3 is 2.67 bits per heavy atom. The first kappa shape index (κ1) is 14.4. The Hall–Kier alpha value is -0.580. The minimum absolute atomic E-state index is 0.328. The molecular weight excluding hydrogens is 196 g/mol. The van der Waals surface area contributed by atoms with Crippen LogP contribution in [0.15, 0.2) is 12.3 Å². The highest BCUT2D eigenvalue weighted by Gasteiger charge is 2.07. The summed E-state index contributed by atoms with van der Waals surface area (Å²) >= 11 is 0. The quantitative estimate of drug-likeness (QED) is 0.317. The molecule has 0 saturated heterocycles. The van der Waals surface area contributed by atoms with Gasteiger partial charge in [0.05, 0.1) is 19.5 Å². The summed E-state index contributed by atoms with van der Waals surface area (Å²) in [5.41, 5.74) is 0.